The smallest absolute Gasteiger partial charge is 0.257 e. The van der Waals surface area contributed by atoms with Crippen molar-refractivity contribution in [3.8, 4) is 0 Å². The number of hydrogen-bond donors (Lipinski definition) is 0. The van der Waals surface area contributed by atoms with Crippen LogP contribution >= 0.6 is 0 Å². The van der Waals surface area contributed by atoms with Crippen molar-refractivity contribution in [3.63, 3.8) is 0 Å². The molecule has 0 unspecified atom stereocenters. The first-order valence-corrected chi connectivity index (χ1v) is 13.2. The maximum absolute atomic E-state index is 13.7. The monoisotopic (exact) mass is 498 g/mol. The van der Waals surface area contributed by atoms with Crippen molar-refractivity contribution in [2.24, 2.45) is 0 Å². The van der Waals surface area contributed by atoms with E-state index in [0.717, 1.165) is 68.1 Å². The molecule has 1 aromatic carbocycles. The SMILES string of the molecule is CC(=O)N1CCCN(Cc2ccccn2)CCCN(C(=O)c2cnc(C3CC3)nc2)Cc2ccccc21. The second-order valence-corrected chi connectivity index (χ2v) is 9.93. The van der Waals surface area contributed by atoms with Gasteiger partial charge >= 0.3 is 0 Å². The Labute approximate surface area is 218 Å². The van der Waals surface area contributed by atoms with E-state index in [4.69, 9.17) is 0 Å². The lowest BCUT2D eigenvalue weighted by molar-refractivity contribution is -0.116. The molecule has 0 N–H and O–H groups in total. The summed E-state index contributed by atoms with van der Waals surface area (Å²) in [7, 11) is 0. The number of para-hydroxylation sites is 1. The molecule has 8 heteroatoms. The second kappa shape index (κ2) is 11.6. The summed E-state index contributed by atoms with van der Waals surface area (Å²) in [6, 6.07) is 13.9. The Morgan fingerprint density at radius 3 is 2.32 bits per heavy atom. The van der Waals surface area contributed by atoms with Crippen LogP contribution in [0.5, 0.6) is 0 Å². The number of nitrogens with zero attached hydrogens (tertiary/aromatic N) is 6. The number of hydrogen-bond acceptors (Lipinski definition) is 6. The number of anilines is 1. The van der Waals surface area contributed by atoms with Crippen LogP contribution in [0.15, 0.2) is 61.1 Å². The van der Waals surface area contributed by atoms with Crippen molar-refractivity contribution >= 4 is 17.5 Å². The Hall–Kier alpha value is -3.65. The molecule has 3 heterocycles. The number of aromatic nitrogens is 3. The van der Waals surface area contributed by atoms with Gasteiger partial charge in [-0.05, 0) is 49.4 Å². The quantitative estimate of drug-likeness (QED) is 0.540. The van der Waals surface area contributed by atoms with E-state index in [9.17, 15) is 9.59 Å². The Morgan fingerprint density at radius 2 is 1.62 bits per heavy atom. The van der Waals surface area contributed by atoms with Gasteiger partial charge in [0.25, 0.3) is 5.91 Å². The molecule has 0 radical (unpaired) electrons. The van der Waals surface area contributed by atoms with Gasteiger partial charge in [0.05, 0.1) is 11.3 Å². The first-order valence-electron chi connectivity index (χ1n) is 13.2. The van der Waals surface area contributed by atoms with Gasteiger partial charge in [0, 0.05) is 76.4 Å². The number of benzene rings is 1. The van der Waals surface area contributed by atoms with Crippen molar-refractivity contribution in [1.29, 1.82) is 0 Å². The van der Waals surface area contributed by atoms with Gasteiger partial charge in [-0.3, -0.25) is 19.5 Å². The summed E-state index contributed by atoms with van der Waals surface area (Å²) < 4.78 is 0. The maximum Gasteiger partial charge on any atom is 0.257 e. The van der Waals surface area contributed by atoms with E-state index in [0.29, 0.717) is 31.1 Å². The summed E-state index contributed by atoms with van der Waals surface area (Å²) in [6.45, 7) is 5.65. The third-order valence-corrected chi connectivity index (χ3v) is 7.04. The molecule has 1 fully saturated rings. The van der Waals surface area contributed by atoms with E-state index in [1.165, 1.54) is 0 Å². The number of fused-ring (bicyclic) bond motifs is 1. The predicted octanol–water partition coefficient (Wildman–Crippen LogP) is 4.04. The van der Waals surface area contributed by atoms with Crippen molar-refractivity contribution in [2.75, 3.05) is 31.1 Å². The fraction of sp³-hybridized carbons (Fsp3) is 0.414. The van der Waals surface area contributed by atoms with Gasteiger partial charge in [0.15, 0.2) is 0 Å². The number of carbonyl (C=O) groups excluding carboxylic acids is 2. The minimum atomic E-state index is -0.0835. The summed E-state index contributed by atoms with van der Waals surface area (Å²) in [5, 5.41) is 0. The molecule has 1 aliphatic heterocycles. The highest BCUT2D eigenvalue weighted by Gasteiger charge is 2.27. The molecule has 0 atom stereocenters. The molecule has 5 rings (SSSR count). The highest BCUT2D eigenvalue weighted by molar-refractivity contribution is 5.94. The molecule has 1 aliphatic carbocycles. The summed E-state index contributed by atoms with van der Waals surface area (Å²) in [4.78, 5) is 45.9. The van der Waals surface area contributed by atoms with E-state index < -0.39 is 0 Å². The summed E-state index contributed by atoms with van der Waals surface area (Å²) in [5.74, 6) is 1.20. The fourth-order valence-corrected chi connectivity index (χ4v) is 4.93. The van der Waals surface area contributed by atoms with Gasteiger partial charge in [-0.1, -0.05) is 24.3 Å². The van der Waals surface area contributed by atoms with E-state index in [1.807, 2.05) is 58.5 Å². The van der Waals surface area contributed by atoms with Gasteiger partial charge in [-0.2, -0.15) is 0 Å². The van der Waals surface area contributed by atoms with Crippen LogP contribution in [0, 0.1) is 0 Å². The Balaban J connectivity index is 1.41. The summed E-state index contributed by atoms with van der Waals surface area (Å²) >= 11 is 0. The van der Waals surface area contributed by atoms with Crippen molar-refractivity contribution < 1.29 is 9.59 Å². The number of carbonyl (C=O) groups is 2. The van der Waals surface area contributed by atoms with Crippen LogP contribution < -0.4 is 4.90 Å². The molecule has 3 aromatic rings. The van der Waals surface area contributed by atoms with Crippen LogP contribution in [0.2, 0.25) is 0 Å². The molecule has 2 aromatic heterocycles. The zero-order valence-electron chi connectivity index (χ0n) is 21.4. The lowest BCUT2D eigenvalue weighted by Crippen LogP contribution is -2.38. The predicted molar refractivity (Wildman–Crippen MR) is 142 cm³/mol. The summed E-state index contributed by atoms with van der Waals surface area (Å²) in [6.07, 6.45) is 9.08. The van der Waals surface area contributed by atoms with Gasteiger partial charge in [0.1, 0.15) is 5.82 Å². The van der Waals surface area contributed by atoms with E-state index in [1.54, 1.807) is 19.3 Å². The maximum atomic E-state index is 13.7. The topological polar surface area (TPSA) is 82.5 Å². The average Bonchev–Trinajstić information content (AvgIpc) is 3.76. The van der Waals surface area contributed by atoms with Gasteiger partial charge < -0.3 is 9.80 Å². The van der Waals surface area contributed by atoms with Crippen molar-refractivity contribution in [1.82, 2.24) is 24.8 Å². The van der Waals surface area contributed by atoms with Crippen LogP contribution in [0.4, 0.5) is 5.69 Å². The summed E-state index contributed by atoms with van der Waals surface area (Å²) in [5.41, 5.74) is 3.35. The average molecular weight is 499 g/mol. The zero-order valence-corrected chi connectivity index (χ0v) is 21.4. The zero-order chi connectivity index (χ0) is 25.6. The third-order valence-electron chi connectivity index (χ3n) is 7.04. The van der Waals surface area contributed by atoms with E-state index in [2.05, 4.69) is 19.9 Å². The molecular weight excluding hydrogens is 464 g/mol. The van der Waals surface area contributed by atoms with Crippen molar-refractivity contribution in [3.05, 3.63) is 83.7 Å². The number of rotatable bonds is 4. The molecule has 1 saturated carbocycles. The molecule has 0 bridgehead atoms. The minimum Gasteiger partial charge on any atom is -0.334 e. The third kappa shape index (κ3) is 6.38. The first kappa shape index (κ1) is 25.0. The highest BCUT2D eigenvalue weighted by Crippen LogP contribution is 2.37. The Kier molecular flexibility index (Phi) is 7.84. The van der Waals surface area contributed by atoms with E-state index >= 15 is 0 Å². The minimum absolute atomic E-state index is 0.00252. The van der Waals surface area contributed by atoms with Crippen LogP contribution in [-0.4, -0.2) is 62.7 Å². The second-order valence-electron chi connectivity index (χ2n) is 9.93. The number of amides is 2. The van der Waals surface area contributed by atoms with Crippen LogP contribution in [0.25, 0.3) is 0 Å². The van der Waals surface area contributed by atoms with Crippen LogP contribution in [0.3, 0.4) is 0 Å². The Morgan fingerprint density at radius 1 is 0.892 bits per heavy atom. The first-order chi connectivity index (χ1) is 18.1. The molecule has 2 amide bonds. The normalized spacial score (nSPS) is 17.4. The highest BCUT2D eigenvalue weighted by atomic mass is 16.2. The molecule has 192 valence electrons. The largest absolute Gasteiger partial charge is 0.334 e. The molecule has 2 aliphatic rings. The fourth-order valence-electron chi connectivity index (χ4n) is 4.93. The lowest BCUT2D eigenvalue weighted by atomic mass is 10.1. The molecular formula is C29H34N6O2. The lowest BCUT2D eigenvalue weighted by Gasteiger charge is -2.31. The standard InChI is InChI=1S/C29H34N6O2/c1-22(36)35-17-7-15-33(21-26-9-4-5-13-30-26)14-6-16-34(20-24-8-2-3-10-27(24)35)29(37)25-18-31-28(32-19-25)23-11-12-23/h2-5,8-10,13,18-19,23H,6-7,11-12,14-17,20-21H2,1H3. The molecule has 0 saturated heterocycles. The number of pyridine rings is 1. The molecule has 8 nitrogen and oxygen atoms in total. The van der Waals surface area contributed by atoms with Gasteiger partial charge in [0.2, 0.25) is 5.91 Å². The van der Waals surface area contributed by atoms with Gasteiger partial charge in [-0.15, -0.1) is 0 Å². The molecule has 37 heavy (non-hydrogen) atoms. The molecule has 0 spiro atoms. The Bertz CT molecular complexity index is 1210. The van der Waals surface area contributed by atoms with E-state index in [-0.39, 0.29) is 11.8 Å². The van der Waals surface area contributed by atoms with Crippen molar-refractivity contribution in [2.45, 2.75) is 51.6 Å². The van der Waals surface area contributed by atoms with Crippen LogP contribution in [-0.2, 0) is 17.9 Å². The van der Waals surface area contributed by atoms with Gasteiger partial charge in [-0.25, -0.2) is 9.97 Å². The van der Waals surface area contributed by atoms with Crippen LogP contribution in [0.1, 0.15) is 66.0 Å².